The van der Waals surface area contributed by atoms with Crippen molar-refractivity contribution in [3.05, 3.63) is 11.7 Å². The molecule has 0 aromatic carbocycles. The summed E-state index contributed by atoms with van der Waals surface area (Å²) in [4.78, 5) is 4.58. The lowest BCUT2D eigenvalue weighted by Crippen LogP contribution is -2.40. The van der Waals surface area contributed by atoms with E-state index in [2.05, 4.69) is 15.5 Å². The van der Waals surface area contributed by atoms with Crippen molar-refractivity contribution in [1.82, 2.24) is 15.5 Å². The SMILES string of the molecule is CCOC(c1noc(C2CNC2)n1)C1CCCCC1. The molecule has 0 bridgehead atoms. The van der Waals surface area contributed by atoms with E-state index in [1.165, 1.54) is 32.1 Å². The third-order valence-corrected chi connectivity index (χ3v) is 4.27. The van der Waals surface area contributed by atoms with Gasteiger partial charge in [-0.05, 0) is 25.7 Å². The molecule has 5 heteroatoms. The molecule has 3 rings (SSSR count). The van der Waals surface area contributed by atoms with Crippen molar-refractivity contribution in [1.29, 1.82) is 0 Å². The molecule has 1 N–H and O–H groups in total. The minimum absolute atomic E-state index is 0.0239. The van der Waals surface area contributed by atoms with E-state index in [0.717, 1.165) is 24.8 Å². The maximum absolute atomic E-state index is 5.91. The first-order valence-corrected chi connectivity index (χ1v) is 7.54. The molecule has 106 valence electrons. The highest BCUT2D eigenvalue weighted by molar-refractivity contribution is 5.03. The molecule has 2 fully saturated rings. The standard InChI is InChI=1S/C14H23N3O2/c1-2-18-12(10-6-4-3-5-7-10)13-16-14(19-17-13)11-8-15-9-11/h10-12,15H,2-9H2,1H3. The van der Waals surface area contributed by atoms with E-state index in [-0.39, 0.29) is 6.10 Å². The van der Waals surface area contributed by atoms with Gasteiger partial charge in [-0.3, -0.25) is 0 Å². The molecule has 0 amide bonds. The van der Waals surface area contributed by atoms with Gasteiger partial charge in [0.15, 0.2) is 0 Å². The van der Waals surface area contributed by atoms with Gasteiger partial charge in [0, 0.05) is 19.7 Å². The highest BCUT2D eigenvalue weighted by atomic mass is 16.5. The monoisotopic (exact) mass is 265 g/mol. The number of aromatic nitrogens is 2. The van der Waals surface area contributed by atoms with Crippen LogP contribution in [0.3, 0.4) is 0 Å². The molecular weight excluding hydrogens is 242 g/mol. The fourth-order valence-corrected chi connectivity index (χ4v) is 3.03. The summed E-state index contributed by atoms with van der Waals surface area (Å²) in [5.74, 6) is 2.48. The van der Waals surface area contributed by atoms with Gasteiger partial charge < -0.3 is 14.6 Å². The Kier molecular flexibility index (Phi) is 4.13. The molecule has 2 heterocycles. The molecule has 1 aromatic rings. The molecule has 0 radical (unpaired) electrons. The predicted octanol–water partition coefficient (Wildman–Crippen LogP) is 2.41. The fourth-order valence-electron chi connectivity index (χ4n) is 3.03. The first-order chi connectivity index (χ1) is 9.38. The zero-order valence-corrected chi connectivity index (χ0v) is 11.6. The molecule has 1 aliphatic heterocycles. The van der Waals surface area contributed by atoms with Crippen LogP contribution in [0.25, 0.3) is 0 Å². The second kappa shape index (κ2) is 6.01. The lowest BCUT2D eigenvalue weighted by Gasteiger charge is -2.28. The minimum atomic E-state index is 0.0239. The van der Waals surface area contributed by atoms with Crippen LogP contribution in [0.15, 0.2) is 4.52 Å². The van der Waals surface area contributed by atoms with Crippen LogP contribution >= 0.6 is 0 Å². The summed E-state index contributed by atoms with van der Waals surface area (Å²) in [5.41, 5.74) is 0. The van der Waals surface area contributed by atoms with Gasteiger partial charge in [-0.25, -0.2) is 0 Å². The highest BCUT2D eigenvalue weighted by Gasteiger charge is 2.31. The van der Waals surface area contributed by atoms with Gasteiger partial charge in [0.25, 0.3) is 0 Å². The van der Waals surface area contributed by atoms with E-state index in [4.69, 9.17) is 9.26 Å². The van der Waals surface area contributed by atoms with Gasteiger partial charge in [-0.1, -0.05) is 24.4 Å². The molecule has 19 heavy (non-hydrogen) atoms. The van der Waals surface area contributed by atoms with Gasteiger partial charge in [0.1, 0.15) is 6.10 Å². The van der Waals surface area contributed by atoms with Crippen LogP contribution in [0.2, 0.25) is 0 Å². The molecular formula is C14H23N3O2. The molecule has 1 saturated heterocycles. The van der Waals surface area contributed by atoms with Crippen molar-refractivity contribution in [2.75, 3.05) is 19.7 Å². The lowest BCUT2D eigenvalue weighted by atomic mass is 9.85. The van der Waals surface area contributed by atoms with Crippen LogP contribution in [-0.2, 0) is 4.74 Å². The number of nitrogens with one attached hydrogen (secondary N) is 1. The largest absolute Gasteiger partial charge is 0.370 e. The second-order valence-corrected chi connectivity index (χ2v) is 5.62. The highest BCUT2D eigenvalue weighted by Crippen LogP contribution is 2.36. The quantitative estimate of drug-likeness (QED) is 0.886. The Hall–Kier alpha value is -0.940. The zero-order valence-electron chi connectivity index (χ0n) is 11.6. The van der Waals surface area contributed by atoms with Crippen molar-refractivity contribution < 1.29 is 9.26 Å². The first-order valence-electron chi connectivity index (χ1n) is 7.54. The van der Waals surface area contributed by atoms with Gasteiger partial charge in [0.05, 0.1) is 5.92 Å². The summed E-state index contributed by atoms with van der Waals surface area (Å²) in [5, 5.41) is 7.40. The Balaban J connectivity index is 1.72. The van der Waals surface area contributed by atoms with Crippen LogP contribution < -0.4 is 5.32 Å². The van der Waals surface area contributed by atoms with E-state index in [9.17, 15) is 0 Å². The van der Waals surface area contributed by atoms with E-state index < -0.39 is 0 Å². The number of hydrogen-bond acceptors (Lipinski definition) is 5. The third-order valence-electron chi connectivity index (χ3n) is 4.27. The van der Waals surface area contributed by atoms with E-state index in [1.807, 2.05) is 6.92 Å². The lowest BCUT2D eigenvalue weighted by molar-refractivity contribution is -0.00145. The smallest absolute Gasteiger partial charge is 0.232 e. The Bertz CT molecular complexity index is 397. The predicted molar refractivity (Wildman–Crippen MR) is 70.9 cm³/mol. The van der Waals surface area contributed by atoms with E-state index in [0.29, 0.717) is 18.4 Å². The first kappa shape index (κ1) is 13.1. The van der Waals surface area contributed by atoms with Crippen LogP contribution in [0.5, 0.6) is 0 Å². The van der Waals surface area contributed by atoms with Gasteiger partial charge >= 0.3 is 0 Å². The van der Waals surface area contributed by atoms with Crippen molar-refractivity contribution in [2.24, 2.45) is 5.92 Å². The van der Waals surface area contributed by atoms with Gasteiger partial charge in [0.2, 0.25) is 11.7 Å². The van der Waals surface area contributed by atoms with Crippen LogP contribution in [-0.4, -0.2) is 29.8 Å². The van der Waals surface area contributed by atoms with Crippen molar-refractivity contribution in [3.8, 4) is 0 Å². The normalized spacial score (nSPS) is 23.2. The van der Waals surface area contributed by atoms with Gasteiger partial charge in [-0.2, -0.15) is 4.98 Å². The average molecular weight is 265 g/mol. The molecule has 5 nitrogen and oxygen atoms in total. The Morgan fingerprint density at radius 2 is 2.11 bits per heavy atom. The number of nitrogens with zero attached hydrogens (tertiary/aromatic N) is 2. The molecule has 0 spiro atoms. The zero-order chi connectivity index (χ0) is 13.1. The summed E-state index contributed by atoms with van der Waals surface area (Å²) in [6.07, 6.45) is 6.41. The average Bonchev–Trinajstić information content (AvgIpc) is 2.84. The minimum Gasteiger partial charge on any atom is -0.370 e. The Morgan fingerprint density at radius 3 is 2.74 bits per heavy atom. The Morgan fingerprint density at radius 1 is 1.32 bits per heavy atom. The van der Waals surface area contributed by atoms with E-state index >= 15 is 0 Å². The second-order valence-electron chi connectivity index (χ2n) is 5.62. The fraction of sp³-hybridized carbons (Fsp3) is 0.857. The molecule has 1 aliphatic carbocycles. The van der Waals surface area contributed by atoms with Gasteiger partial charge in [-0.15, -0.1) is 0 Å². The summed E-state index contributed by atoms with van der Waals surface area (Å²) in [6.45, 7) is 4.64. The topological polar surface area (TPSA) is 60.2 Å². The molecule has 1 atom stereocenters. The van der Waals surface area contributed by atoms with Crippen molar-refractivity contribution in [2.45, 2.75) is 51.0 Å². The third kappa shape index (κ3) is 2.82. The maximum Gasteiger partial charge on any atom is 0.232 e. The summed E-state index contributed by atoms with van der Waals surface area (Å²) < 4.78 is 11.3. The molecule has 1 aromatic heterocycles. The molecule has 2 aliphatic rings. The molecule has 1 unspecified atom stereocenters. The summed E-state index contributed by atoms with van der Waals surface area (Å²) in [6, 6.07) is 0. The number of ether oxygens (including phenoxy) is 1. The Labute approximate surface area is 114 Å². The molecule has 1 saturated carbocycles. The number of rotatable bonds is 5. The number of hydrogen-bond donors (Lipinski definition) is 1. The van der Waals surface area contributed by atoms with Crippen molar-refractivity contribution >= 4 is 0 Å². The van der Waals surface area contributed by atoms with Crippen LogP contribution in [0.1, 0.15) is 62.8 Å². The van der Waals surface area contributed by atoms with E-state index in [1.54, 1.807) is 0 Å². The van der Waals surface area contributed by atoms with Crippen LogP contribution in [0.4, 0.5) is 0 Å². The van der Waals surface area contributed by atoms with Crippen molar-refractivity contribution in [3.63, 3.8) is 0 Å². The maximum atomic E-state index is 5.91. The summed E-state index contributed by atoms with van der Waals surface area (Å²) >= 11 is 0. The van der Waals surface area contributed by atoms with Crippen LogP contribution in [0, 0.1) is 5.92 Å². The summed E-state index contributed by atoms with van der Waals surface area (Å²) in [7, 11) is 0.